The van der Waals surface area contributed by atoms with Gasteiger partial charge in [-0.05, 0) is 38.8 Å². The molecule has 21 heavy (non-hydrogen) atoms. The molecule has 0 radical (unpaired) electrons. The van der Waals surface area contributed by atoms with Crippen molar-refractivity contribution < 1.29 is 14.6 Å². The van der Waals surface area contributed by atoms with Crippen LogP contribution in [0, 0.1) is 6.92 Å². The van der Waals surface area contributed by atoms with Crippen LogP contribution in [0.5, 0.6) is 11.5 Å². The van der Waals surface area contributed by atoms with E-state index in [1.54, 1.807) is 32.0 Å². The molecule has 0 heterocycles. The number of hydrogen-bond donors (Lipinski definition) is 1. The smallest absolute Gasteiger partial charge is 0.175 e. The molecule has 0 saturated carbocycles. The van der Waals surface area contributed by atoms with Crippen molar-refractivity contribution in [1.29, 1.82) is 0 Å². The molecule has 118 valence electrons. The molecule has 0 aliphatic carbocycles. The largest absolute Gasteiger partial charge is 0.508 e. The van der Waals surface area contributed by atoms with Crippen molar-refractivity contribution >= 4 is 5.78 Å². The van der Waals surface area contributed by atoms with Crippen LogP contribution in [0.4, 0.5) is 0 Å². The first-order chi connectivity index (χ1) is 9.86. The molecule has 0 aliphatic heterocycles. The molecule has 1 aromatic carbocycles. The van der Waals surface area contributed by atoms with Crippen LogP contribution >= 0.6 is 0 Å². The summed E-state index contributed by atoms with van der Waals surface area (Å²) in [4.78, 5) is 12.3. The van der Waals surface area contributed by atoms with Crippen molar-refractivity contribution in [3.63, 3.8) is 0 Å². The number of Topliss-reactive ketones (excluding diaryl/α,β-unsaturated/α-hetero) is 1. The van der Waals surface area contributed by atoms with E-state index in [9.17, 15) is 9.90 Å². The van der Waals surface area contributed by atoms with Gasteiger partial charge in [-0.2, -0.15) is 0 Å². The standard InChI is InChI=1S/C18H28O3/c1-5-6-7-8-9-10-17(20)18(3,4)21-15-12-11-14(2)16(19)13-15/h11-13,19H,5-10H2,1-4H3. The monoisotopic (exact) mass is 292 g/mol. The highest BCUT2D eigenvalue weighted by Crippen LogP contribution is 2.26. The number of hydrogen-bond acceptors (Lipinski definition) is 3. The van der Waals surface area contributed by atoms with Crippen LogP contribution in [0.3, 0.4) is 0 Å². The SMILES string of the molecule is CCCCCCCC(=O)C(C)(C)Oc1ccc(C)c(O)c1. The molecule has 0 amide bonds. The van der Waals surface area contributed by atoms with Crippen molar-refractivity contribution in [2.24, 2.45) is 0 Å². The first kappa shape index (κ1) is 17.5. The number of unbranched alkanes of at least 4 members (excludes halogenated alkanes) is 4. The fourth-order valence-corrected chi connectivity index (χ4v) is 2.19. The van der Waals surface area contributed by atoms with Crippen molar-refractivity contribution in [2.45, 2.75) is 71.8 Å². The second-order valence-electron chi connectivity index (χ2n) is 6.15. The van der Waals surface area contributed by atoms with E-state index in [-0.39, 0.29) is 11.5 Å². The van der Waals surface area contributed by atoms with Gasteiger partial charge in [-0.25, -0.2) is 0 Å². The highest BCUT2D eigenvalue weighted by Gasteiger charge is 2.29. The van der Waals surface area contributed by atoms with Crippen LogP contribution in [0.2, 0.25) is 0 Å². The van der Waals surface area contributed by atoms with E-state index in [0.717, 1.165) is 18.4 Å². The summed E-state index contributed by atoms with van der Waals surface area (Å²) in [6.45, 7) is 7.58. The molecule has 0 aromatic heterocycles. The third kappa shape index (κ3) is 5.78. The van der Waals surface area contributed by atoms with Gasteiger partial charge in [0.05, 0.1) is 0 Å². The summed E-state index contributed by atoms with van der Waals surface area (Å²) in [7, 11) is 0. The fourth-order valence-electron chi connectivity index (χ4n) is 2.19. The van der Waals surface area contributed by atoms with Gasteiger partial charge in [0, 0.05) is 12.5 Å². The van der Waals surface area contributed by atoms with Crippen molar-refractivity contribution in [3.05, 3.63) is 23.8 Å². The molecular weight excluding hydrogens is 264 g/mol. The Balaban J connectivity index is 2.51. The van der Waals surface area contributed by atoms with E-state index >= 15 is 0 Å². The molecule has 0 spiro atoms. The van der Waals surface area contributed by atoms with Gasteiger partial charge in [0.1, 0.15) is 11.5 Å². The maximum atomic E-state index is 12.3. The van der Waals surface area contributed by atoms with Gasteiger partial charge in [-0.3, -0.25) is 4.79 Å². The number of aryl methyl sites for hydroxylation is 1. The topological polar surface area (TPSA) is 46.5 Å². The lowest BCUT2D eigenvalue weighted by Crippen LogP contribution is -2.38. The quantitative estimate of drug-likeness (QED) is 0.666. The predicted molar refractivity (Wildman–Crippen MR) is 85.9 cm³/mol. The molecule has 0 bridgehead atoms. The minimum Gasteiger partial charge on any atom is -0.508 e. The Morgan fingerprint density at radius 2 is 1.86 bits per heavy atom. The summed E-state index contributed by atoms with van der Waals surface area (Å²) >= 11 is 0. The lowest BCUT2D eigenvalue weighted by atomic mass is 9.97. The second-order valence-corrected chi connectivity index (χ2v) is 6.15. The average Bonchev–Trinajstić information content (AvgIpc) is 2.42. The van der Waals surface area contributed by atoms with Crippen LogP contribution in [0.25, 0.3) is 0 Å². The molecule has 1 N–H and O–H groups in total. The van der Waals surface area contributed by atoms with Crippen LogP contribution in [0.15, 0.2) is 18.2 Å². The maximum Gasteiger partial charge on any atom is 0.175 e. The summed E-state index contributed by atoms with van der Waals surface area (Å²) in [5.74, 6) is 0.830. The number of rotatable bonds is 9. The van der Waals surface area contributed by atoms with Gasteiger partial charge in [-0.15, -0.1) is 0 Å². The van der Waals surface area contributed by atoms with Gasteiger partial charge in [0.2, 0.25) is 0 Å². The normalized spacial score (nSPS) is 11.4. The molecule has 0 unspecified atom stereocenters. The summed E-state index contributed by atoms with van der Waals surface area (Å²) in [5.41, 5.74) is -0.0608. The average molecular weight is 292 g/mol. The molecule has 1 aromatic rings. The number of benzene rings is 1. The molecule has 0 saturated heterocycles. The number of phenolic OH excluding ortho intramolecular Hbond substituents is 1. The number of aromatic hydroxyl groups is 1. The first-order valence-electron chi connectivity index (χ1n) is 7.88. The molecule has 3 nitrogen and oxygen atoms in total. The molecule has 0 fully saturated rings. The maximum absolute atomic E-state index is 12.3. The van der Waals surface area contributed by atoms with Gasteiger partial charge in [0.15, 0.2) is 11.4 Å². The van der Waals surface area contributed by atoms with Crippen molar-refractivity contribution in [3.8, 4) is 11.5 Å². The lowest BCUT2D eigenvalue weighted by molar-refractivity contribution is -0.132. The second kappa shape index (κ2) is 8.06. The zero-order valence-corrected chi connectivity index (χ0v) is 13.7. The Morgan fingerprint density at radius 3 is 2.48 bits per heavy atom. The minimum absolute atomic E-state index is 0.110. The van der Waals surface area contributed by atoms with Crippen LogP contribution in [-0.4, -0.2) is 16.5 Å². The van der Waals surface area contributed by atoms with Gasteiger partial charge in [0.25, 0.3) is 0 Å². The minimum atomic E-state index is -0.855. The Kier molecular flexibility index (Phi) is 6.73. The molecular formula is C18H28O3. The number of phenols is 1. The zero-order chi connectivity index (χ0) is 15.9. The van der Waals surface area contributed by atoms with Crippen LogP contribution < -0.4 is 4.74 Å². The third-order valence-corrected chi connectivity index (χ3v) is 3.73. The summed E-state index contributed by atoms with van der Waals surface area (Å²) in [5, 5.41) is 9.69. The molecule has 0 aliphatic rings. The number of ketones is 1. The number of carbonyl (C=O) groups is 1. The molecule has 3 heteroatoms. The van der Waals surface area contributed by atoms with Gasteiger partial charge in [-0.1, -0.05) is 38.7 Å². The number of carbonyl (C=O) groups excluding carboxylic acids is 1. The highest BCUT2D eigenvalue weighted by atomic mass is 16.5. The Hall–Kier alpha value is -1.51. The molecule has 0 atom stereocenters. The Labute approximate surface area is 128 Å². The van der Waals surface area contributed by atoms with E-state index < -0.39 is 5.60 Å². The molecule has 1 rings (SSSR count). The van der Waals surface area contributed by atoms with E-state index in [0.29, 0.717) is 12.2 Å². The van der Waals surface area contributed by atoms with E-state index in [2.05, 4.69) is 6.92 Å². The van der Waals surface area contributed by atoms with E-state index in [4.69, 9.17) is 4.74 Å². The predicted octanol–water partition coefficient (Wildman–Crippen LogP) is 4.79. The van der Waals surface area contributed by atoms with Gasteiger partial charge >= 0.3 is 0 Å². The van der Waals surface area contributed by atoms with Gasteiger partial charge < -0.3 is 9.84 Å². The first-order valence-corrected chi connectivity index (χ1v) is 7.88. The fraction of sp³-hybridized carbons (Fsp3) is 0.611. The summed E-state index contributed by atoms with van der Waals surface area (Å²) in [6, 6.07) is 5.13. The van der Waals surface area contributed by atoms with Crippen molar-refractivity contribution in [2.75, 3.05) is 0 Å². The summed E-state index contributed by atoms with van der Waals surface area (Å²) < 4.78 is 5.77. The lowest BCUT2D eigenvalue weighted by Gasteiger charge is -2.25. The van der Waals surface area contributed by atoms with Crippen LogP contribution in [-0.2, 0) is 4.79 Å². The van der Waals surface area contributed by atoms with Crippen molar-refractivity contribution in [1.82, 2.24) is 0 Å². The highest BCUT2D eigenvalue weighted by molar-refractivity contribution is 5.86. The Bertz CT molecular complexity index is 464. The van der Waals surface area contributed by atoms with Crippen LogP contribution in [0.1, 0.15) is 64.9 Å². The third-order valence-electron chi connectivity index (χ3n) is 3.73. The van der Waals surface area contributed by atoms with E-state index in [1.165, 1.54) is 19.3 Å². The Morgan fingerprint density at radius 1 is 1.19 bits per heavy atom. The van der Waals surface area contributed by atoms with E-state index in [1.807, 2.05) is 6.92 Å². The number of ether oxygens (including phenoxy) is 1. The zero-order valence-electron chi connectivity index (χ0n) is 13.7. The summed E-state index contributed by atoms with van der Waals surface area (Å²) in [6.07, 6.45) is 6.20.